The zero-order chi connectivity index (χ0) is 13.2. The van der Waals surface area contributed by atoms with Gasteiger partial charge in [-0.1, -0.05) is 6.92 Å². The molecule has 0 aliphatic heterocycles. The molecule has 0 aromatic carbocycles. The van der Waals surface area contributed by atoms with Crippen molar-refractivity contribution in [1.82, 2.24) is 0 Å². The third kappa shape index (κ3) is 2.28. The van der Waals surface area contributed by atoms with E-state index in [-0.39, 0.29) is 12.3 Å². The number of aliphatic carboxylic acids is 2. The normalized spacial score (nSPS) is 25.7. The van der Waals surface area contributed by atoms with Crippen LogP contribution in [0.4, 0.5) is 0 Å². The van der Waals surface area contributed by atoms with E-state index in [4.69, 9.17) is 21.7 Å². The summed E-state index contributed by atoms with van der Waals surface area (Å²) >= 11 is 0. The fourth-order valence-electron chi connectivity index (χ4n) is 2.53. The second-order valence-electron chi connectivity index (χ2n) is 4.97. The molecule has 0 amide bonds. The highest BCUT2D eigenvalue weighted by Crippen LogP contribution is 2.49. The minimum atomic E-state index is -1.69. The quantitative estimate of drug-likeness (QED) is 0.482. The molecular formula is C11H20N2O4. The number of hydrogen-bond donors (Lipinski definition) is 4. The molecule has 1 saturated carbocycles. The van der Waals surface area contributed by atoms with Crippen LogP contribution in [-0.2, 0) is 9.59 Å². The van der Waals surface area contributed by atoms with Gasteiger partial charge in [0.15, 0.2) is 5.41 Å². The zero-order valence-electron chi connectivity index (χ0n) is 9.93. The summed E-state index contributed by atoms with van der Waals surface area (Å²) in [6, 6.07) is -0.422. The van der Waals surface area contributed by atoms with E-state index in [2.05, 4.69) is 0 Å². The van der Waals surface area contributed by atoms with Crippen molar-refractivity contribution >= 4 is 11.9 Å². The van der Waals surface area contributed by atoms with Gasteiger partial charge >= 0.3 is 11.9 Å². The number of rotatable bonds is 6. The lowest BCUT2D eigenvalue weighted by molar-refractivity contribution is -0.180. The van der Waals surface area contributed by atoms with E-state index < -0.39 is 29.3 Å². The molecule has 0 saturated heterocycles. The lowest BCUT2D eigenvalue weighted by atomic mass is 9.56. The Morgan fingerprint density at radius 3 is 2.24 bits per heavy atom. The first kappa shape index (κ1) is 13.9. The summed E-state index contributed by atoms with van der Waals surface area (Å²) in [5, 5.41) is 18.2. The molecule has 0 heterocycles. The Bertz CT molecular complexity index is 305. The van der Waals surface area contributed by atoms with E-state index in [1.54, 1.807) is 0 Å². The van der Waals surface area contributed by atoms with E-state index in [0.29, 0.717) is 19.4 Å². The first-order chi connectivity index (χ1) is 7.86. The van der Waals surface area contributed by atoms with Gasteiger partial charge in [-0.05, 0) is 31.7 Å². The smallest absolute Gasteiger partial charge is 0.321 e. The van der Waals surface area contributed by atoms with E-state index in [9.17, 15) is 9.59 Å². The zero-order valence-corrected chi connectivity index (χ0v) is 9.93. The highest BCUT2D eigenvalue weighted by atomic mass is 16.4. The topological polar surface area (TPSA) is 127 Å². The molecule has 1 aliphatic carbocycles. The van der Waals surface area contributed by atoms with E-state index in [1.807, 2.05) is 6.92 Å². The molecule has 0 aromatic rings. The molecule has 0 bridgehead atoms. The van der Waals surface area contributed by atoms with Crippen LogP contribution in [0.2, 0.25) is 0 Å². The van der Waals surface area contributed by atoms with Crippen LogP contribution < -0.4 is 11.5 Å². The van der Waals surface area contributed by atoms with E-state index in [1.165, 1.54) is 0 Å². The molecule has 0 radical (unpaired) electrons. The number of carboxylic acids is 2. The predicted molar refractivity (Wildman–Crippen MR) is 61.2 cm³/mol. The highest BCUT2D eigenvalue weighted by Gasteiger charge is 2.60. The lowest BCUT2D eigenvalue weighted by Crippen LogP contribution is -2.59. The summed E-state index contributed by atoms with van der Waals surface area (Å²) in [6.45, 7) is 2.38. The standard InChI is InChI=1S/C11H20N2O4/c1-6(5-12)4-8(13)7-2-3-11(7,9(14)15)10(16)17/h6-8H,2-5,12-13H2,1H3,(H,14,15)(H,16,17)/t6?,7-,8?/m0/s1. The maximum Gasteiger partial charge on any atom is 0.321 e. The molecular weight excluding hydrogens is 224 g/mol. The Morgan fingerprint density at radius 1 is 1.41 bits per heavy atom. The second kappa shape index (κ2) is 5.01. The fourth-order valence-corrected chi connectivity index (χ4v) is 2.53. The van der Waals surface area contributed by atoms with Gasteiger partial charge in [0, 0.05) is 12.0 Å². The minimum Gasteiger partial charge on any atom is -0.480 e. The van der Waals surface area contributed by atoms with Gasteiger partial charge in [0.25, 0.3) is 0 Å². The van der Waals surface area contributed by atoms with Crippen molar-refractivity contribution in [3.05, 3.63) is 0 Å². The molecule has 3 atom stereocenters. The molecule has 6 heteroatoms. The first-order valence-corrected chi connectivity index (χ1v) is 5.78. The van der Waals surface area contributed by atoms with Crippen molar-refractivity contribution in [3.63, 3.8) is 0 Å². The van der Waals surface area contributed by atoms with Crippen LogP contribution >= 0.6 is 0 Å². The number of carboxylic acid groups (broad SMARTS) is 2. The van der Waals surface area contributed by atoms with Crippen molar-refractivity contribution in [2.75, 3.05) is 6.54 Å². The van der Waals surface area contributed by atoms with E-state index >= 15 is 0 Å². The number of carbonyl (C=O) groups is 2. The predicted octanol–water partition coefficient (Wildman–Crippen LogP) is -0.136. The van der Waals surface area contributed by atoms with Crippen molar-refractivity contribution in [2.45, 2.75) is 32.2 Å². The molecule has 17 heavy (non-hydrogen) atoms. The van der Waals surface area contributed by atoms with Crippen molar-refractivity contribution in [2.24, 2.45) is 28.7 Å². The summed E-state index contributed by atoms with van der Waals surface area (Å²) in [7, 11) is 0. The van der Waals surface area contributed by atoms with Gasteiger partial charge < -0.3 is 21.7 Å². The third-order valence-corrected chi connectivity index (χ3v) is 3.84. The van der Waals surface area contributed by atoms with Gasteiger partial charge in [-0.3, -0.25) is 9.59 Å². The van der Waals surface area contributed by atoms with Gasteiger partial charge in [-0.25, -0.2) is 0 Å². The molecule has 1 fully saturated rings. The average Bonchev–Trinajstić information content (AvgIpc) is 2.14. The summed E-state index contributed by atoms with van der Waals surface area (Å²) in [4.78, 5) is 22.3. The van der Waals surface area contributed by atoms with Crippen LogP contribution in [0.3, 0.4) is 0 Å². The van der Waals surface area contributed by atoms with Crippen LogP contribution in [0.25, 0.3) is 0 Å². The summed E-state index contributed by atoms with van der Waals surface area (Å²) in [5.41, 5.74) is 9.72. The van der Waals surface area contributed by atoms with Crippen molar-refractivity contribution < 1.29 is 19.8 Å². The molecule has 6 nitrogen and oxygen atoms in total. The lowest BCUT2D eigenvalue weighted by Gasteiger charge is -2.46. The van der Waals surface area contributed by atoms with Crippen LogP contribution in [0, 0.1) is 17.3 Å². The van der Waals surface area contributed by atoms with Crippen LogP contribution in [0.15, 0.2) is 0 Å². The third-order valence-electron chi connectivity index (χ3n) is 3.84. The Kier molecular flexibility index (Phi) is 4.11. The van der Waals surface area contributed by atoms with Gasteiger partial charge in [0.05, 0.1) is 0 Å². The molecule has 98 valence electrons. The first-order valence-electron chi connectivity index (χ1n) is 5.78. The summed E-state index contributed by atoms with van der Waals surface area (Å²) in [6.07, 6.45) is 1.27. The van der Waals surface area contributed by atoms with Crippen LogP contribution in [0.1, 0.15) is 26.2 Å². The highest BCUT2D eigenvalue weighted by molar-refractivity contribution is 5.99. The van der Waals surface area contributed by atoms with Gasteiger partial charge in [0.2, 0.25) is 0 Å². The van der Waals surface area contributed by atoms with Gasteiger partial charge in [0.1, 0.15) is 0 Å². The molecule has 1 aliphatic rings. The molecule has 6 N–H and O–H groups in total. The van der Waals surface area contributed by atoms with Gasteiger partial charge in [-0.2, -0.15) is 0 Å². The largest absolute Gasteiger partial charge is 0.480 e. The van der Waals surface area contributed by atoms with Crippen LogP contribution in [-0.4, -0.2) is 34.7 Å². The Balaban J connectivity index is 2.78. The Labute approximate surface area is 100.0 Å². The molecule has 2 unspecified atom stereocenters. The van der Waals surface area contributed by atoms with Gasteiger partial charge in [-0.15, -0.1) is 0 Å². The van der Waals surface area contributed by atoms with Crippen molar-refractivity contribution in [3.8, 4) is 0 Å². The monoisotopic (exact) mass is 244 g/mol. The number of nitrogens with two attached hydrogens (primary N) is 2. The summed E-state index contributed by atoms with van der Waals surface area (Å²) < 4.78 is 0. The van der Waals surface area contributed by atoms with Crippen LogP contribution in [0.5, 0.6) is 0 Å². The Hall–Kier alpha value is -1.14. The summed E-state index contributed by atoms with van der Waals surface area (Å²) in [5.74, 6) is -2.88. The van der Waals surface area contributed by atoms with E-state index in [0.717, 1.165) is 0 Å². The molecule has 0 spiro atoms. The number of hydrogen-bond acceptors (Lipinski definition) is 4. The molecule has 1 rings (SSSR count). The second-order valence-corrected chi connectivity index (χ2v) is 4.97. The Morgan fingerprint density at radius 2 is 1.94 bits per heavy atom. The van der Waals surface area contributed by atoms with Crippen molar-refractivity contribution in [1.29, 1.82) is 0 Å². The molecule has 0 aromatic heterocycles. The SMILES string of the molecule is CC(CN)CC(N)[C@@H]1CCC1(C(=O)O)C(=O)O. The maximum atomic E-state index is 11.2. The maximum absolute atomic E-state index is 11.2. The fraction of sp³-hybridized carbons (Fsp3) is 0.818. The average molecular weight is 244 g/mol. The minimum absolute atomic E-state index is 0.160.